The number of aromatic nitrogens is 5. The van der Waals surface area contributed by atoms with Gasteiger partial charge in [-0.25, -0.2) is 0 Å². The lowest BCUT2D eigenvalue weighted by atomic mass is 9.95. The molecular formula is C24H29N9O. The van der Waals surface area contributed by atoms with Crippen molar-refractivity contribution in [3.05, 3.63) is 60.4 Å². The molecular weight excluding hydrogens is 430 g/mol. The summed E-state index contributed by atoms with van der Waals surface area (Å²) in [5, 5.41) is 14.0. The first-order valence-electron chi connectivity index (χ1n) is 11.4. The number of hydrogen-bond donors (Lipinski definition) is 3. The quantitative estimate of drug-likeness (QED) is 0.381. The molecule has 5 rings (SSSR count). The number of piperazine rings is 1. The molecule has 10 heteroatoms. The van der Waals surface area contributed by atoms with E-state index in [-0.39, 0.29) is 5.54 Å². The van der Waals surface area contributed by atoms with E-state index in [0.717, 1.165) is 37.4 Å². The summed E-state index contributed by atoms with van der Waals surface area (Å²) in [6.45, 7) is 7.84. The Hall–Kier alpha value is -3.92. The molecule has 1 aliphatic rings. The lowest BCUT2D eigenvalue weighted by Crippen LogP contribution is -2.45. The lowest BCUT2D eigenvalue weighted by Gasteiger charge is -2.33. The molecule has 1 fully saturated rings. The molecule has 1 saturated heterocycles. The molecule has 0 amide bonds. The Bertz CT molecular complexity index is 1210. The highest BCUT2D eigenvalue weighted by molar-refractivity contribution is 5.61. The Labute approximate surface area is 198 Å². The third-order valence-electron chi connectivity index (χ3n) is 5.93. The Morgan fingerprint density at radius 1 is 0.941 bits per heavy atom. The van der Waals surface area contributed by atoms with Crippen molar-refractivity contribution in [2.24, 2.45) is 0 Å². The molecule has 0 saturated carbocycles. The normalized spacial score (nSPS) is 14.9. The first-order valence-corrected chi connectivity index (χ1v) is 11.4. The van der Waals surface area contributed by atoms with E-state index in [0.29, 0.717) is 29.4 Å². The standard InChI is InChI=1S/C24H29N9O/c1-24(2,17-8-5-4-6-9-17)29-22-26-21(27-23(28-22)33-13-11-32(3)12-14-33)25-20-16-18(30-31-20)19-10-7-15-34-19/h4-10,15-16H,11-14H2,1-3H3,(H3,25,26,27,28,29,30,31). The van der Waals surface area contributed by atoms with E-state index in [2.05, 4.69) is 68.6 Å². The summed E-state index contributed by atoms with van der Waals surface area (Å²) in [5.41, 5.74) is 1.53. The van der Waals surface area contributed by atoms with Crippen LogP contribution in [0.15, 0.2) is 59.2 Å². The number of furan rings is 1. The minimum Gasteiger partial charge on any atom is -0.463 e. The van der Waals surface area contributed by atoms with E-state index < -0.39 is 0 Å². The summed E-state index contributed by atoms with van der Waals surface area (Å²) >= 11 is 0. The zero-order chi connectivity index (χ0) is 23.5. The first-order chi connectivity index (χ1) is 16.5. The van der Waals surface area contributed by atoms with E-state index in [9.17, 15) is 0 Å². The predicted molar refractivity (Wildman–Crippen MR) is 132 cm³/mol. The number of aromatic amines is 1. The van der Waals surface area contributed by atoms with Gasteiger partial charge in [0.1, 0.15) is 5.69 Å². The lowest BCUT2D eigenvalue weighted by molar-refractivity contribution is 0.311. The number of hydrogen-bond acceptors (Lipinski definition) is 9. The molecule has 4 heterocycles. The first kappa shape index (κ1) is 21.9. The summed E-state index contributed by atoms with van der Waals surface area (Å²) in [6, 6.07) is 15.8. The molecule has 0 atom stereocenters. The van der Waals surface area contributed by atoms with Crippen LogP contribution in [0.25, 0.3) is 11.5 Å². The van der Waals surface area contributed by atoms with Crippen molar-refractivity contribution in [1.82, 2.24) is 30.0 Å². The van der Waals surface area contributed by atoms with Gasteiger partial charge in [-0.1, -0.05) is 30.3 Å². The number of nitrogens with one attached hydrogen (secondary N) is 3. The van der Waals surface area contributed by atoms with E-state index >= 15 is 0 Å². The van der Waals surface area contributed by atoms with Crippen LogP contribution in [0.4, 0.5) is 23.7 Å². The Balaban J connectivity index is 1.44. The van der Waals surface area contributed by atoms with Gasteiger partial charge in [0.05, 0.1) is 11.8 Å². The average molecular weight is 460 g/mol. The van der Waals surface area contributed by atoms with E-state index in [4.69, 9.17) is 14.4 Å². The van der Waals surface area contributed by atoms with Gasteiger partial charge in [-0.05, 0) is 38.6 Å². The van der Waals surface area contributed by atoms with Crippen molar-refractivity contribution in [1.29, 1.82) is 0 Å². The van der Waals surface area contributed by atoms with Gasteiger partial charge in [0.2, 0.25) is 17.8 Å². The second kappa shape index (κ2) is 9.14. The molecule has 1 aromatic carbocycles. The molecule has 4 aromatic rings. The van der Waals surface area contributed by atoms with Crippen molar-refractivity contribution in [2.45, 2.75) is 19.4 Å². The number of nitrogens with zero attached hydrogens (tertiary/aromatic N) is 6. The predicted octanol–water partition coefficient (Wildman–Crippen LogP) is 3.70. The van der Waals surface area contributed by atoms with Crippen molar-refractivity contribution in [3.8, 4) is 11.5 Å². The highest BCUT2D eigenvalue weighted by atomic mass is 16.3. The second-order valence-electron chi connectivity index (χ2n) is 8.96. The number of likely N-dealkylation sites (N-methyl/N-ethyl adjacent to an activating group) is 1. The summed E-state index contributed by atoms with van der Waals surface area (Å²) in [5.74, 6) is 2.87. The minimum atomic E-state index is -0.377. The fraction of sp³-hybridized carbons (Fsp3) is 0.333. The highest BCUT2D eigenvalue weighted by Crippen LogP contribution is 2.27. The Morgan fingerprint density at radius 2 is 1.71 bits per heavy atom. The van der Waals surface area contributed by atoms with Crippen LogP contribution in [0.2, 0.25) is 0 Å². The monoisotopic (exact) mass is 459 g/mol. The fourth-order valence-electron chi connectivity index (χ4n) is 3.89. The van der Waals surface area contributed by atoms with Gasteiger partial charge in [0.25, 0.3) is 0 Å². The number of H-pyrrole nitrogens is 1. The molecule has 34 heavy (non-hydrogen) atoms. The number of rotatable bonds is 7. The smallest absolute Gasteiger partial charge is 0.235 e. The molecule has 0 unspecified atom stereocenters. The SMILES string of the molecule is CN1CCN(c2nc(Nc3cc(-c4ccco4)[nH]n3)nc(NC(C)(C)c3ccccc3)n2)CC1. The average Bonchev–Trinajstić information content (AvgIpc) is 3.52. The fourth-order valence-corrected chi connectivity index (χ4v) is 3.89. The number of anilines is 4. The van der Waals surface area contributed by atoms with Crippen LogP contribution in [0.1, 0.15) is 19.4 Å². The molecule has 3 N–H and O–H groups in total. The van der Waals surface area contributed by atoms with Gasteiger partial charge >= 0.3 is 0 Å². The van der Waals surface area contributed by atoms with Crippen molar-refractivity contribution in [3.63, 3.8) is 0 Å². The molecule has 0 radical (unpaired) electrons. The Kier molecular flexibility index (Phi) is 5.89. The van der Waals surface area contributed by atoms with Crippen molar-refractivity contribution < 1.29 is 4.42 Å². The van der Waals surface area contributed by atoms with Crippen molar-refractivity contribution in [2.75, 3.05) is 48.8 Å². The maximum atomic E-state index is 5.45. The van der Waals surface area contributed by atoms with Crippen LogP contribution in [0.3, 0.4) is 0 Å². The summed E-state index contributed by atoms with van der Waals surface area (Å²) in [7, 11) is 2.13. The maximum absolute atomic E-state index is 5.45. The summed E-state index contributed by atoms with van der Waals surface area (Å²) in [4.78, 5) is 18.6. The molecule has 0 aliphatic carbocycles. The molecule has 0 bridgehead atoms. The minimum absolute atomic E-state index is 0.377. The zero-order valence-electron chi connectivity index (χ0n) is 19.6. The second-order valence-corrected chi connectivity index (χ2v) is 8.96. The summed E-state index contributed by atoms with van der Waals surface area (Å²) in [6.07, 6.45) is 1.63. The van der Waals surface area contributed by atoms with Crippen LogP contribution in [0.5, 0.6) is 0 Å². The molecule has 176 valence electrons. The van der Waals surface area contributed by atoms with Gasteiger partial charge in [-0.2, -0.15) is 20.1 Å². The van der Waals surface area contributed by atoms with Gasteiger partial charge in [-0.15, -0.1) is 0 Å². The van der Waals surface area contributed by atoms with Crippen LogP contribution < -0.4 is 15.5 Å². The van der Waals surface area contributed by atoms with E-state index in [1.54, 1.807) is 6.26 Å². The van der Waals surface area contributed by atoms with Crippen LogP contribution in [0, 0.1) is 0 Å². The summed E-state index contributed by atoms with van der Waals surface area (Å²) < 4.78 is 5.45. The highest BCUT2D eigenvalue weighted by Gasteiger charge is 2.24. The van der Waals surface area contributed by atoms with Gasteiger partial charge in [0, 0.05) is 32.2 Å². The van der Waals surface area contributed by atoms with E-state index in [1.165, 1.54) is 0 Å². The van der Waals surface area contributed by atoms with Gasteiger partial charge in [0.15, 0.2) is 11.6 Å². The van der Waals surface area contributed by atoms with Crippen LogP contribution in [-0.2, 0) is 5.54 Å². The molecule has 0 spiro atoms. The van der Waals surface area contributed by atoms with Crippen LogP contribution >= 0.6 is 0 Å². The third kappa shape index (κ3) is 4.86. The van der Waals surface area contributed by atoms with Crippen molar-refractivity contribution >= 4 is 23.7 Å². The zero-order valence-corrected chi connectivity index (χ0v) is 19.6. The third-order valence-corrected chi connectivity index (χ3v) is 5.93. The maximum Gasteiger partial charge on any atom is 0.235 e. The molecule has 3 aromatic heterocycles. The van der Waals surface area contributed by atoms with Crippen LogP contribution in [-0.4, -0.2) is 63.3 Å². The Morgan fingerprint density at radius 3 is 2.44 bits per heavy atom. The van der Waals surface area contributed by atoms with E-state index in [1.807, 2.05) is 36.4 Å². The topological polar surface area (TPSA) is 111 Å². The molecule has 1 aliphatic heterocycles. The van der Waals surface area contributed by atoms with Gasteiger partial charge < -0.3 is 24.9 Å². The largest absolute Gasteiger partial charge is 0.463 e. The van der Waals surface area contributed by atoms with Gasteiger partial charge in [-0.3, -0.25) is 5.10 Å². The number of benzene rings is 1. The molecule has 10 nitrogen and oxygen atoms in total.